The molecule has 0 amide bonds. The number of aryl methyl sites for hydroxylation is 1. The Labute approximate surface area is 151 Å². The van der Waals surface area contributed by atoms with Gasteiger partial charge in [0, 0.05) is 5.56 Å². The molecule has 0 aliphatic carbocycles. The highest BCUT2D eigenvalue weighted by Crippen LogP contribution is 2.28. The van der Waals surface area contributed by atoms with E-state index < -0.39 is 11.4 Å². The van der Waals surface area contributed by atoms with E-state index in [1.807, 2.05) is 37.3 Å². The first-order valence-electron chi connectivity index (χ1n) is 8.73. The first kappa shape index (κ1) is 17.9. The summed E-state index contributed by atoms with van der Waals surface area (Å²) >= 11 is 0. The zero-order valence-electron chi connectivity index (χ0n) is 14.8. The molecule has 0 aliphatic heterocycles. The van der Waals surface area contributed by atoms with Gasteiger partial charge in [-0.05, 0) is 42.3 Å². The minimum absolute atomic E-state index is 0.0750. The lowest BCUT2D eigenvalue weighted by atomic mass is 10.0. The Morgan fingerprint density at radius 2 is 1.96 bits per heavy atom. The average Bonchev–Trinajstić information content (AvgIpc) is 2.66. The third kappa shape index (κ3) is 3.69. The first-order chi connectivity index (χ1) is 12.6. The van der Waals surface area contributed by atoms with Gasteiger partial charge in [0.1, 0.15) is 11.1 Å². The molecule has 2 aromatic carbocycles. The van der Waals surface area contributed by atoms with Crippen LogP contribution in [-0.2, 0) is 6.42 Å². The van der Waals surface area contributed by atoms with Gasteiger partial charge in [-0.2, -0.15) is 0 Å². The van der Waals surface area contributed by atoms with Crippen LogP contribution >= 0.6 is 0 Å². The van der Waals surface area contributed by atoms with E-state index in [1.165, 1.54) is 5.56 Å². The Kier molecular flexibility index (Phi) is 5.52. The van der Waals surface area contributed by atoms with Gasteiger partial charge in [-0.1, -0.05) is 43.3 Å². The Balaban J connectivity index is 1.98. The van der Waals surface area contributed by atoms with Gasteiger partial charge in [-0.3, -0.25) is 0 Å². The second-order valence-electron chi connectivity index (χ2n) is 6.11. The van der Waals surface area contributed by atoms with Crippen LogP contribution in [0.25, 0.3) is 22.1 Å². The summed E-state index contributed by atoms with van der Waals surface area (Å²) in [6, 6.07) is 12.7. The molecule has 0 fully saturated rings. The summed E-state index contributed by atoms with van der Waals surface area (Å²) in [5.74, 6) is -0.179. The van der Waals surface area contributed by atoms with E-state index >= 15 is 0 Å². The summed E-state index contributed by atoms with van der Waals surface area (Å²) in [6.07, 6.45) is 4.46. The fraction of sp³-hybridized carbons (Fsp3) is 0.227. The third-order valence-electron chi connectivity index (χ3n) is 4.17. The van der Waals surface area contributed by atoms with Crippen LogP contribution in [0.1, 0.15) is 25.3 Å². The molecule has 0 saturated heterocycles. The molecular weight excluding hydrogens is 331 g/mol. The van der Waals surface area contributed by atoms with Crippen molar-refractivity contribution in [2.75, 3.05) is 6.61 Å². The lowest BCUT2D eigenvalue weighted by Gasteiger charge is -2.09. The molecule has 0 unspecified atom stereocenters. The van der Waals surface area contributed by atoms with Crippen molar-refractivity contribution in [2.45, 2.75) is 26.2 Å². The number of benzene rings is 2. The maximum absolute atomic E-state index is 14.6. The van der Waals surface area contributed by atoms with Gasteiger partial charge in [0.05, 0.1) is 6.61 Å². The first-order valence-corrected chi connectivity index (χ1v) is 8.73. The highest BCUT2D eigenvalue weighted by Gasteiger charge is 2.15. The van der Waals surface area contributed by atoms with Crippen LogP contribution in [-0.4, -0.2) is 6.61 Å². The molecule has 1 aromatic heterocycles. The summed E-state index contributed by atoms with van der Waals surface area (Å²) in [5, 5.41) is 0.415. The molecule has 0 radical (unpaired) electrons. The summed E-state index contributed by atoms with van der Waals surface area (Å²) in [5.41, 5.74) is 1.26. The van der Waals surface area contributed by atoms with E-state index in [0.717, 1.165) is 24.8 Å². The van der Waals surface area contributed by atoms with Crippen LogP contribution in [0.5, 0.6) is 5.75 Å². The number of hydrogen-bond donors (Lipinski definition) is 0. The molecular formula is C22H21FO3. The molecule has 0 spiro atoms. The number of halogens is 1. The molecule has 134 valence electrons. The standard InChI is InChI=1S/C22H21FO3/c1-3-5-6-15-7-9-16(10-8-15)19-14-17-11-12-18(25-13-4-2)21(23)20(17)22(24)26-19/h3,7-12,14H,1,4-6,13H2,2H3. The maximum Gasteiger partial charge on any atom is 0.347 e. The van der Waals surface area contributed by atoms with Gasteiger partial charge >= 0.3 is 5.63 Å². The molecule has 0 saturated carbocycles. The number of fused-ring (bicyclic) bond motifs is 1. The van der Waals surface area contributed by atoms with Gasteiger partial charge in [0.15, 0.2) is 11.6 Å². The predicted octanol–water partition coefficient (Wildman–Crippen LogP) is 5.51. The van der Waals surface area contributed by atoms with Crippen LogP contribution in [0.3, 0.4) is 0 Å². The van der Waals surface area contributed by atoms with Crippen molar-refractivity contribution in [3.05, 3.63) is 76.9 Å². The monoisotopic (exact) mass is 352 g/mol. The highest BCUT2D eigenvalue weighted by atomic mass is 19.1. The Hall–Kier alpha value is -2.88. The quantitative estimate of drug-likeness (QED) is 0.527. The van der Waals surface area contributed by atoms with Gasteiger partial charge in [-0.25, -0.2) is 9.18 Å². The van der Waals surface area contributed by atoms with Crippen molar-refractivity contribution in [3.63, 3.8) is 0 Å². The van der Waals surface area contributed by atoms with Gasteiger partial charge < -0.3 is 9.15 Å². The minimum Gasteiger partial charge on any atom is -0.491 e. The fourth-order valence-electron chi connectivity index (χ4n) is 2.79. The highest BCUT2D eigenvalue weighted by molar-refractivity contribution is 5.86. The Bertz CT molecular complexity index is 971. The van der Waals surface area contributed by atoms with E-state index in [-0.39, 0.29) is 11.1 Å². The van der Waals surface area contributed by atoms with Crippen molar-refractivity contribution in [1.82, 2.24) is 0 Å². The molecule has 4 heteroatoms. The number of ether oxygens (including phenoxy) is 1. The molecule has 0 bridgehead atoms. The van der Waals surface area contributed by atoms with Crippen molar-refractivity contribution in [3.8, 4) is 17.1 Å². The molecule has 3 aromatic rings. The second-order valence-corrected chi connectivity index (χ2v) is 6.11. The summed E-state index contributed by atoms with van der Waals surface area (Å²) < 4.78 is 25.3. The minimum atomic E-state index is -0.701. The van der Waals surface area contributed by atoms with Crippen LogP contribution in [0, 0.1) is 5.82 Å². The topological polar surface area (TPSA) is 39.4 Å². The lowest BCUT2D eigenvalue weighted by molar-refractivity contribution is 0.302. The summed E-state index contributed by atoms with van der Waals surface area (Å²) in [4.78, 5) is 12.4. The van der Waals surface area contributed by atoms with Crippen LogP contribution in [0.15, 0.2) is 64.3 Å². The molecule has 0 aliphatic rings. The Morgan fingerprint density at radius 3 is 2.65 bits per heavy atom. The zero-order chi connectivity index (χ0) is 18.5. The smallest absolute Gasteiger partial charge is 0.347 e. The van der Waals surface area contributed by atoms with Crippen molar-refractivity contribution in [1.29, 1.82) is 0 Å². The number of allylic oxidation sites excluding steroid dienone is 1. The van der Waals surface area contributed by atoms with E-state index in [4.69, 9.17) is 9.15 Å². The van der Waals surface area contributed by atoms with Crippen molar-refractivity contribution >= 4 is 10.8 Å². The van der Waals surface area contributed by atoms with E-state index in [1.54, 1.807) is 18.2 Å². The largest absolute Gasteiger partial charge is 0.491 e. The number of hydrogen-bond acceptors (Lipinski definition) is 3. The fourth-order valence-corrected chi connectivity index (χ4v) is 2.79. The van der Waals surface area contributed by atoms with Crippen LogP contribution in [0.4, 0.5) is 4.39 Å². The molecule has 1 heterocycles. The predicted molar refractivity (Wildman–Crippen MR) is 102 cm³/mol. The average molecular weight is 352 g/mol. The molecule has 0 N–H and O–H groups in total. The normalized spacial score (nSPS) is 10.8. The lowest BCUT2D eigenvalue weighted by Crippen LogP contribution is -2.05. The molecule has 3 nitrogen and oxygen atoms in total. The summed E-state index contributed by atoms with van der Waals surface area (Å²) in [6.45, 7) is 6.05. The SMILES string of the molecule is C=CCCc1ccc(-c2cc3ccc(OCCC)c(F)c3c(=O)o2)cc1. The van der Waals surface area contributed by atoms with Crippen molar-refractivity contribution in [2.24, 2.45) is 0 Å². The van der Waals surface area contributed by atoms with E-state index in [0.29, 0.717) is 17.8 Å². The van der Waals surface area contributed by atoms with Gasteiger partial charge in [0.2, 0.25) is 0 Å². The summed E-state index contributed by atoms with van der Waals surface area (Å²) in [7, 11) is 0. The van der Waals surface area contributed by atoms with Crippen LogP contribution in [0.2, 0.25) is 0 Å². The Morgan fingerprint density at radius 1 is 1.19 bits per heavy atom. The second kappa shape index (κ2) is 8.00. The van der Waals surface area contributed by atoms with E-state index in [2.05, 4.69) is 6.58 Å². The third-order valence-corrected chi connectivity index (χ3v) is 4.17. The van der Waals surface area contributed by atoms with Gasteiger partial charge in [-0.15, -0.1) is 6.58 Å². The van der Waals surface area contributed by atoms with E-state index in [9.17, 15) is 9.18 Å². The van der Waals surface area contributed by atoms with Gasteiger partial charge in [0.25, 0.3) is 0 Å². The maximum atomic E-state index is 14.6. The van der Waals surface area contributed by atoms with Crippen molar-refractivity contribution < 1.29 is 13.5 Å². The zero-order valence-corrected chi connectivity index (χ0v) is 14.8. The molecule has 0 atom stereocenters. The number of rotatable bonds is 7. The molecule has 26 heavy (non-hydrogen) atoms. The van der Waals surface area contributed by atoms with Crippen LogP contribution < -0.4 is 10.4 Å². The molecule has 3 rings (SSSR count).